The lowest BCUT2D eigenvalue weighted by Gasteiger charge is -2.42. The van der Waals surface area contributed by atoms with E-state index in [0.29, 0.717) is 10.9 Å². The van der Waals surface area contributed by atoms with Gasteiger partial charge in [0.2, 0.25) is 5.91 Å². The Bertz CT molecular complexity index is 354. The molecule has 2 atom stereocenters. The van der Waals surface area contributed by atoms with E-state index in [0.717, 1.165) is 38.8 Å². The van der Waals surface area contributed by atoms with Crippen LogP contribution in [0.15, 0.2) is 0 Å². The van der Waals surface area contributed by atoms with Gasteiger partial charge in [-0.2, -0.15) is 0 Å². The highest BCUT2D eigenvalue weighted by molar-refractivity contribution is 7.80. The summed E-state index contributed by atoms with van der Waals surface area (Å²) in [6, 6.07) is 0.264. The van der Waals surface area contributed by atoms with Crippen LogP contribution in [0.25, 0.3) is 0 Å². The molecule has 2 fully saturated rings. The number of thiocarbonyl (C=S) groups is 1. The van der Waals surface area contributed by atoms with Gasteiger partial charge in [0.05, 0.1) is 10.4 Å². The molecule has 1 saturated carbocycles. The number of hydrogen-bond acceptors (Lipinski definition) is 3. The molecule has 2 rings (SSSR count). The maximum Gasteiger partial charge on any atom is 0.233 e. The Morgan fingerprint density at radius 1 is 1.50 bits per heavy atom. The number of carbonyl (C=O) groups is 1. The van der Waals surface area contributed by atoms with E-state index in [2.05, 4.69) is 24.2 Å². The summed E-state index contributed by atoms with van der Waals surface area (Å²) < 4.78 is 0. The number of hydrogen-bond donors (Lipinski definition) is 2. The van der Waals surface area contributed by atoms with Crippen molar-refractivity contribution in [2.24, 2.45) is 17.1 Å². The van der Waals surface area contributed by atoms with E-state index in [1.807, 2.05) is 0 Å². The van der Waals surface area contributed by atoms with Crippen LogP contribution >= 0.6 is 12.2 Å². The molecule has 4 nitrogen and oxygen atoms in total. The Kier molecular flexibility index (Phi) is 3.92. The first-order chi connectivity index (χ1) is 8.45. The molecule has 0 radical (unpaired) electrons. The van der Waals surface area contributed by atoms with Gasteiger partial charge in [-0.05, 0) is 38.8 Å². The maximum atomic E-state index is 12.4. The number of amides is 1. The molecule has 1 heterocycles. The third kappa shape index (κ3) is 2.38. The molecule has 1 amide bonds. The Balaban J connectivity index is 1.97. The molecule has 2 unspecified atom stereocenters. The lowest BCUT2D eigenvalue weighted by molar-refractivity contribution is -0.132. The number of piperidine rings is 1. The Morgan fingerprint density at radius 2 is 2.17 bits per heavy atom. The van der Waals surface area contributed by atoms with E-state index < -0.39 is 5.41 Å². The van der Waals surface area contributed by atoms with Gasteiger partial charge in [0, 0.05) is 12.6 Å². The number of likely N-dealkylation sites (tertiary alicyclic amines) is 1. The highest BCUT2D eigenvalue weighted by Gasteiger charge is 2.47. The second-order valence-electron chi connectivity index (χ2n) is 5.91. The average molecular weight is 269 g/mol. The standard InChI is InChI=1S/C13H23N3OS/c1-9-8-16(2)7-4-10(9)15-12(17)13(11(14)18)5-3-6-13/h9-10H,3-8H2,1-2H3,(H2,14,18)(H,15,17). The summed E-state index contributed by atoms with van der Waals surface area (Å²) in [6.07, 6.45) is 3.69. The molecule has 0 aromatic carbocycles. The second kappa shape index (κ2) is 5.13. The van der Waals surface area contributed by atoms with Gasteiger partial charge < -0.3 is 16.0 Å². The summed E-state index contributed by atoms with van der Waals surface area (Å²) in [5.41, 5.74) is 5.21. The van der Waals surface area contributed by atoms with Crippen LogP contribution in [0.2, 0.25) is 0 Å². The van der Waals surface area contributed by atoms with Gasteiger partial charge in [-0.1, -0.05) is 25.6 Å². The third-order valence-electron chi connectivity index (χ3n) is 4.54. The van der Waals surface area contributed by atoms with Crippen molar-refractivity contribution in [3.63, 3.8) is 0 Å². The zero-order valence-corrected chi connectivity index (χ0v) is 12.1. The van der Waals surface area contributed by atoms with Crippen molar-refractivity contribution in [2.75, 3.05) is 20.1 Å². The molecule has 5 heteroatoms. The minimum Gasteiger partial charge on any atom is -0.392 e. The molecule has 102 valence electrons. The SMILES string of the molecule is CC1CN(C)CCC1NC(=O)C1(C(N)=S)CCC1. The summed E-state index contributed by atoms with van der Waals surface area (Å²) in [7, 11) is 2.12. The lowest BCUT2D eigenvalue weighted by Crippen LogP contribution is -2.58. The van der Waals surface area contributed by atoms with Crippen molar-refractivity contribution in [3.05, 3.63) is 0 Å². The molecule has 1 aliphatic heterocycles. The molecule has 18 heavy (non-hydrogen) atoms. The lowest BCUT2D eigenvalue weighted by atomic mass is 9.67. The zero-order chi connectivity index (χ0) is 13.3. The zero-order valence-electron chi connectivity index (χ0n) is 11.2. The first-order valence-electron chi connectivity index (χ1n) is 6.75. The van der Waals surface area contributed by atoms with Crippen molar-refractivity contribution in [3.8, 4) is 0 Å². The van der Waals surface area contributed by atoms with E-state index >= 15 is 0 Å². The molecule has 1 aliphatic carbocycles. The fourth-order valence-corrected chi connectivity index (χ4v) is 3.29. The van der Waals surface area contributed by atoms with Gasteiger partial charge in [0.25, 0.3) is 0 Å². The fourth-order valence-electron chi connectivity index (χ4n) is 2.99. The highest BCUT2D eigenvalue weighted by atomic mass is 32.1. The average Bonchev–Trinajstić information content (AvgIpc) is 2.19. The molecule has 0 bridgehead atoms. The first kappa shape index (κ1) is 13.7. The number of nitrogens with one attached hydrogen (secondary N) is 1. The Labute approximate surface area is 114 Å². The molecule has 0 spiro atoms. The summed E-state index contributed by atoms with van der Waals surface area (Å²) in [5.74, 6) is 0.541. The molecular weight excluding hydrogens is 246 g/mol. The topological polar surface area (TPSA) is 58.4 Å². The van der Waals surface area contributed by atoms with Crippen LogP contribution in [0.5, 0.6) is 0 Å². The predicted octanol–water partition coefficient (Wildman–Crippen LogP) is 0.899. The van der Waals surface area contributed by atoms with Crippen LogP contribution in [-0.4, -0.2) is 42.0 Å². The Morgan fingerprint density at radius 3 is 2.61 bits per heavy atom. The molecule has 1 saturated heterocycles. The van der Waals surface area contributed by atoms with Crippen molar-refractivity contribution >= 4 is 23.1 Å². The Hall–Kier alpha value is -0.680. The highest BCUT2D eigenvalue weighted by Crippen LogP contribution is 2.41. The van der Waals surface area contributed by atoms with Gasteiger partial charge in [-0.3, -0.25) is 4.79 Å². The monoisotopic (exact) mass is 269 g/mol. The van der Waals surface area contributed by atoms with Gasteiger partial charge in [0.15, 0.2) is 0 Å². The van der Waals surface area contributed by atoms with E-state index in [4.69, 9.17) is 18.0 Å². The summed E-state index contributed by atoms with van der Waals surface area (Å²) >= 11 is 5.08. The van der Waals surface area contributed by atoms with Crippen LogP contribution in [-0.2, 0) is 4.79 Å². The van der Waals surface area contributed by atoms with Crippen molar-refractivity contribution < 1.29 is 4.79 Å². The number of rotatable bonds is 3. The van der Waals surface area contributed by atoms with Crippen molar-refractivity contribution in [1.29, 1.82) is 0 Å². The van der Waals surface area contributed by atoms with Gasteiger partial charge in [0.1, 0.15) is 0 Å². The van der Waals surface area contributed by atoms with Crippen LogP contribution in [0, 0.1) is 11.3 Å². The van der Waals surface area contributed by atoms with Crippen molar-refractivity contribution in [2.45, 2.75) is 38.6 Å². The molecular formula is C13H23N3OS. The number of carbonyl (C=O) groups excluding carboxylic acids is 1. The van der Waals surface area contributed by atoms with Gasteiger partial charge in [-0.15, -0.1) is 0 Å². The quantitative estimate of drug-likeness (QED) is 0.747. The number of nitrogens with two attached hydrogens (primary N) is 1. The molecule has 0 aromatic heterocycles. The van der Waals surface area contributed by atoms with Crippen LogP contribution in [0.3, 0.4) is 0 Å². The van der Waals surface area contributed by atoms with Crippen LogP contribution in [0.1, 0.15) is 32.6 Å². The molecule has 0 aromatic rings. The van der Waals surface area contributed by atoms with Gasteiger partial charge >= 0.3 is 0 Å². The third-order valence-corrected chi connectivity index (χ3v) is 4.93. The van der Waals surface area contributed by atoms with Crippen LogP contribution < -0.4 is 11.1 Å². The fraction of sp³-hybridized carbons (Fsp3) is 0.846. The van der Waals surface area contributed by atoms with E-state index in [1.165, 1.54) is 0 Å². The van der Waals surface area contributed by atoms with E-state index in [-0.39, 0.29) is 11.9 Å². The largest absolute Gasteiger partial charge is 0.392 e. The van der Waals surface area contributed by atoms with E-state index in [9.17, 15) is 4.79 Å². The number of nitrogens with zero attached hydrogens (tertiary/aromatic N) is 1. The molecule has 3 N–H and O–H groups in total. The second-order valence-corrected chi connectivity index (χ2v) is 6.35. The smallest absolute Gasteiger partial charge is 0.233 e. The normalized spacial score (nSPS) is 31.4. The summed E-state index contributed by atoms with van der Waals surface area (Å²) in [5, 5.41) is 3.18. The minimum absolute atomic E-state index is 0.0580. The van der Waals surface area contributed by atoms with Gasteiger partial charge in [-0.25, -0.2) is 0 Å². The van der Waals surface area contributed by atoms with E-state index in [1.54, 1.807) is 0 Å². The predicted molar refractivity (Wildman–Crippen MR) is 76.3 cm³/mol. The maximum absolute atomic E-state index is 12.4. The van der Waals surface area contributed by atoms with Crippen molar-refractivity contribution in [1.82, 2.24) is 10.2 Å². The summed E-state index contributed by atoms with van der Waals surface area (Å²) in [4.78, 5) is 15.1. The first-order valence-corrected chi connectivity index (χ1v) is 7.16. The minimum atomic E-state index is -0.543. The summed E-state index contributed by atoms with van der Waals surface area (Å²) in [6.45, 7) is 4.26. The van der Waals surface area contributed by atoms with Crippen LogP contribution in [0.4, 0.5) is 0 Å². The molecule has 2 aliphatic rings.